The lowest BCUT2D eigenvalue weighted by Crippen LogP contribution is -2.02. The van der Waals surface area contributed by atoms with Crippen LogP contribution < -0.4 is 10.1 Å². The predicted molar refractivity (Wildman–Crippen MR) is 93.4 cm³/mol. The van der Waals surface area contributed by atoms with E-state index >= 15 is 0 Å². The maximum Gasteiger partial charge on any atom is 0.140 e. The summed E-state index contributed by atoms with van der Waals surface area (Å²) in [5, 5.41) is 20.3. The number of benzene rings is 1. The molecule has 2 heterocycles. The maximum atomic E-state index is 8.90. The Morgan fingerprint density at radius 1 is 1.24 bits per heavy atom. The quantitative estimate of drug-likeness (QED) is 0.655. The summed E-state index contributed by atoms with van der Waals surface area (Å²) in [6, 6.07) is 7.94. The molecule has 0 atom stereocenters. The second-order valence-corrected chi connectivity index (χ2v) is 5.80. The summed E-state index contributed by atoms with van der Waals surface area (Å²) in [6.07, 6.45) is 3.62. The molecule has 0 radical (unpaired) electrons. The third kappa shape index (κ3) is 4.39. The Labute approximate surface area is 146 Å². The van der Waals surface area contributed by atoms with Crippen LogP contribution in [0.1, 0.15) is 22.6 Å². The first-order chi connectivity index (χ1) is 12.2. The number of anilines is 1. The van der Waals surface area contributed by atoms with Crippen molar-refractivity contribution < 1.29 is 14.4 Å². The lowest BCUT2D eigenvalue weighted by atomic mass is 10.2. The Bertz CT molecular complexity index is 789. The molecule has 2 aromatic heterocycles. The molecular weight excluding hydrogens is 320 g/mol. The van der Waals surface area contributed by atoms with E-state index in [1.807, 2.05) is 44.3 Å². The Morgan fingerprint density at radius 2 is 2.04 bits per heavy atom. The monoisotopic (exact) mass is 342 g/mol. The van der Waals surface area contributed by atoms with E-state index in [-0.39, 0.29) is 6.61 Å². The summed E-state index contributed by atoms with van der Waals surface area (Å²) in [4.78, 5) is 0. The molecule has 0 aliphatic heterocycles. The number of ether oxygens (including phenoxy) is 1. The fourth-order valence-electron chi connectivity index (χ4n) is 2.45. The number of hydrogen-bond acceptors (Lipinski definition) is 6. The number of nitrogens with zero attached hydrogens (tertiary/aromatic N) is 3. The van der Waals surface area contributed by atoms with Gasteiger partial charge in [-0.1, -0.05) is 17.3 Å². The molecule has 2 N–H and O–H groups in total. The molecule has 0 amide bonds. The van der Waals surface area contributed by atoms with Crippen LogP contribution in [-0.4, -0.2) is 26.7 Å². The first-order valence-corrected chi connectivity index (χ1v) is 8.16. The van der Waals surface area contributed by atoms with Gasteiger partial charge in [-0.2, -0.15) is 5.10 Å². The molecule has 0 fully saturated rings. The van der Waals surface area contributed by atoms with Crippen LogP contribution in [-0.2, 0) is 19.7 Å². The van der Waals surface area contributed by atoms with Crippen molar-refractivity contribution in [3.05, 3.63) is 59.2 Å². The largest absolute Gasteiger partial charge is 0.489 e. The van der Waals surface area contributed by atoms with Crippen LogP contribution in [0.5, 0.6) is 5.75 Å². The van der Waals surface area contributed by atoms with Gasteiger partial charge in [0.05, 0.1) is 36.3 Å². The highest BCUT2D eigenvalue weighted by atomic mass is 16.5. The van der Waals surface area contributed by atoms with Crippen LogP contribution in [0.15, 0.2) is 41.2 Å². The number of aliphatic hydroxyl groups excluding tert-OH is 1. The van der Waals surface area contributed by atoms with Gasteiger partial charge in [-0.05, 0) is 31.5 Å². The number of rotatable bonds is 8. The highest BCUT2D eigenvalue weighted by Crippen LogP contribution is 2.18. The third-order valence-corrected chi connectivity index (χ3v) is 3.95. The smallest absolute Gasteiger partial charge is 0.140 e. The second-order valence-electron chi connectivity index (χ2n) is 5.80. The van der Waals surface area contributed by atoms with E-state index in [4.69, 9.17) is 14.4 Å². The summed E-state index contributed by atoms with van der Waals surface area (Å²) in [5.41, 5.74) is 3.91. The summed E-state index contributed by atoms with van der Waals surface area (Å²) in [6.45, 7) is 5.51. The van der Waals surface area contributed by atoms with Crippen LogP contribution >= 0.6 is 0 Å². The molecule has 1 aromatic carbocycles. The molecule has 25 heavy (non-hydrogen) atoms. The van der Waals surface area contributed by atoms with E-state index in [1.165, 1.54) is 0 Å². The highest BCUT2D eigenvalue weighted by Gasteiger charge is 2.09. The number of aryl methyl sites for hydroxylation is 2. The third-order valence-electron chi connectivity index (χ3n) is 3.95. The van der Waals surface area contributed by atoms with Gasteiger partial charge in [0.1, 0.15) is 18.1 Å². The fraction of sp³-hybridized carbons (Fsp3) is 0.333. The minimum atomic E-state index is 0.0799. The van der Waals surface area contributed by atoms with Crippen molar-refractivity contribution in [2.75, 3.05) is 11.9 Å². The van der Waals surface area contributed by atoms with E-state index in [2.05, 4.69) is 15.6 Å². The van der Waals surface area contributed by atoms with Crippen molar-refractivity contribution in [3.63, 3.8) is 0 Å². The number of aliphatic hydroxyl groups is 1. The van der Waals surface area contributed by atoms with Crippen molar-refractivity contribution in [1.82, 2.24) is 14.9 Å². The molecule has 0 aliphatic rings. The zero-order valence-electron chi connectivity index (χ0n) is 14.4. The van der Waals surface area contributed by atoms with Gasteiger partial charge >= 0.3 is 0 Å². The normalized spacial score (nSPS) is 10.8. The van der Waals surface area contributed by atoms with Crippen LogP contribution in [0, 0.1) is 13.8 Å². The number of aromatic nitrogens is 3. The summed E-state index contributed by atoms with van der Waals surface area (Å²) >= 11 is 0. The molecule has 7 heteroatoms. The minimum Gasteiger partial charge on any atom is -0.489 e. The van der Waals surface area contributed by atoms with Gasteiger partial charge in [0.2, 0.25) is 0 Å². The molecule has 3 aromatic rings. The average molecular weight is 342 g/mol. The summed E-state index contributed by atoms with van der Waals surface area (Å²) in [7, 11) is 0. The highest BCUT2D eigenvalue weighted by molar-refractivity contribution is 5.39. The molecule has 3 rings (SSSR count). The van der Waals surface area contributed by atoms with Crippen molar-refractivity contribution in [1.29, 1.82) is 0 Å². The van der Waals surface area contributed by atoms with E-state index in [1.54, 1.807) is 10.9 Å². The predicted octanol–water partition coefficient (Wildman–Crippen LogP) is 2.67. The molecular formula is C18H22N4O3. The SMILES string of the molecule is Cc1noc(C)c1COc1ccc(CNc2cnn(CCO)c2)cc1. The molecule has 0 unspecified atom stereocenters. The van der Waals surface area contributed by atoms with Crippen LogP contribution in [0.4, 0.5) is 5.69 Å². The van der Waals surface area contributed by atoms with Crippen molar-refractivity contribution in [2.24, 2.45) is 0 Å². The van der Waals surface area contributed by atoms with Gasteiger partial charge in [-0.25, -0.2) is 0 Å². The molecule has 132 valence electrons. The average Bonchev–Trinajstić information content (AvgIpc) is 3.19. The molecule has 0 saturated heterocycles. The topological polar surface area (TPSA) is 85.3 Å². The number of hydrogen-bond donors (Lipinski definition) is 2. The molecule has 0 aliphatic carbocycles. The van der Waals surface area contributed by atoms with Gasteiger partial charge in [-0.3, -0.25) is 4.68 Å². The van der Waals surface area contributed by atoms with Gasteiger partial charge in [0.15, 0.2) is 0 Å². The van der Waals surface area contributed by atoms with Crippen LogP contribution in [0.25, 0.3) is 0 Å². The minimum absolute atomic E-state index is 0.0799. The van der Waals surface area contributed by atoms with Crippen LogP contribution in [0.2, 0.25) is 0 Å². The molecule has 7 nitrogen and oxygen atoms in total. The first kappa shape index (κ1) is 17.0. The van der Waals surface area contributed by atoms with E-state index in [9.17, 15) is 0 Å². The van der Waals surface area contributed by atoms with Gasteiger partial charge < -0.3 is 19.7 Å². The molecule has 0 saturated carbocycles. The van der Waals surface area contributed by atoms with Crippen molar-refractivity contribution in [2.45, 2.75) is 33.5 Å². The standard InChI is InChI=1S/C18H22N4O3/c1-13-18(14(2)25-21-13)12-24-17-5-3-15(4-6-17)9-19-16-10-20-22(11-16)7-8-23/h3-6,10-11,19,23H,7-9,12H2,1-2H3. The maximum absolute atomic E-state index is 8.90. The fourth-order valence-corrected chi connectivity index (χ4v) is 2.45. The van der Waals surface area contributed by atoms with Crippen LogP contribution in [0.3, 0.4) is 0 Å². The Morgan fingerprint density at radius 3 is 2.72 bits per heavy atom. The lowest BCUT2D eigenvalue weighted by molar-refractivity contribution is 0.269. The first-order valence-electron chi connectivity index (χ1n) is 8.16. The second kappa shape index (κ2) is 7.85. The van der Waals surface area contributed by atoms with E-state index < -0.39 is 0 Å². The molecule has 0 spiro atoms. The van der Waals surface area contributed by atoms with Gasteiger partial charge in [0.25, 0.3) is 0 Å². The summed E-state index contributed by atoms with van der Waals surface area (Å²) < 4.78 is 12.6. The van der Waals surface area contributed by atoms with E-state index in [0.717, 1.165) is 34.0 Å². The van der Waals surface area contributed by atoms with Crippen molar-refractivity contribution >= 4 is 5.69 Å². The Balaban J connectivity index is 1.51. The summed E-state index contributed by atoms with van der Waals surface area (Å²) in [5.74, 6) is 1.60. The van der Waals surface area contributed by atoms with Gasteiger partial charge in [-0.15, -0.1) is 0 Å². The Hall–Kier alpha value is -2.80. The number of nitrogens with one attached hydrogen (secondary N) is 1. The van der Waals surface area contributed by atoms with Crippen molar-refractivity contribution in [3.8, 4) is 5.75 Å². The molecule has 0 bridgehead atoms. The zero-order valence-corrected chi connectivity index (χ0v) is 14.4. The Kier molecular flexibility index (Phi) is 5.35. The zero-order chi connectivity index (χ0) is 17.6. The van der Waals surface area contributed by atoms with E-state index in [0.29, 0.717) is 19.7 Å². The van der Waals surface area contributed by atoms with Gasteiger partial charge in [0, 0.05) is 12.7 Å². The lowest BCUT2D eigenvalue weighted by Gasteiger charge is -2.08.